The SMILES string of the molecule is Cc1ccc(SCCCOc2cccc(CN)c2)cc1C. The van der Waals surface area contributed by atoms with Crippen LogP contribution in [0.1, 0.15) is 23.1 Å². The summed E-state index contributed by atoms with van der Waals surface area (Å²) in [6, 6.07) is 14.6. The van der Waals surface area contributed by atoms with Crippen LogP contribution in [0.3, 0.4) is 0 Å². The molecular weight excluding hydrogens is 278 g/mol. The lowest BCUT2D eigenvalue weighted by atomic mass is 10.1. The zero-order valence-corrected chi connectivity index (χ0v) is 13.6. The molecular formula is C18H23NOS. The van der Waals surface area contributed by atoms with E-state index < -0.39 is 0 Å². The van der Waals surface area contributed by atoms with Crippen molar-refractivity contribution in [1.29, 1.82) is 0 Å². The highest BCUT2D eigenvalue weighted by atomic mass is 32.2. The number of aryl methyl sites for hydroxylation is 2. The average Bonchev–Trinajstić information content (AvgIpc) is 2.50. The molecule has 0 heterocycles. The van der Waals surface area contributed by atoms with Crippen LogP contribution < -0.4 is 10.5 Å². The molecule has 0 saturated carbocycles. The first-order valence-electron chi connectivity index (χ1n) is 7.31. The van der Waals surface area contributed by atoms with Gasteiger partial charge in [-0.05, 0) is 61.2 Å². The van der Waals surface area contributed by atoms with E-state index in [1.165, 1.54) is 16.0 Å². The summed E-state index contributed by atoms with van der Waals surface area (Å²) in [5, 5.41) is 0. The third-order valence-corrected chi connectivity index (χ3v) is 4.52. The van der Waals surface area contributed by atoms with Crippen LogP contribution in [0.5, 0.6) is 5.75 Å². The van der Waals surface area contributed by atoms with Crippen molar-refractivity contribution in [2.45, 2.75) is 31.7 Å². The van der Waals surface area contributed by atoms with Gasteiger partial charge in [0.1, 0.15) is 5.75 Å². The van der Waals surface area contributed by atoms with Crippen LogP contribution >= 0.6 is 11.8 Å². The maximum atomic E-state index is 5.76. The summed E-state index contributed by atoms with van der Waals surface area (Å²) in [6.45, 7) is 5.60. The van der Waals surface area contributed by atoms with Gasteiger partial charge in [0, 0.05) is 17.2 Å². The van der Waals surface area contributed by atoms with Crippen LogP contribution in [0.2, 0.25) is 0 Å². The standard InChI is InChI=1S/C18H23NOS/c1-14-7-8-18(11-15(14)2)21-10-4-9-20-17-6-3-5-16(12-17)13-19/h3,5-8,11-12H,4,9-10,13,19H2,1-2H3. The van der Waals surface area contributed by atoms with Crippen molar-refractivity contribution in [1.82, 2.24) is 0 Å². The topological polar surface area (TPSA) is 35.2 Å². The fourth-order valence-electron chi connectivity index (χ4n) is 2.00. The van der Waals surface area contributed by atoms with Crippen molar-refractivity contribution in [2.75, 3.05) is 12.4 Å². The molecule has 0 spiro atoms. The zero-order valence-electron chi connectivity index (χ0n) is 12.8. The maximum Gasteiger partial charge on any atom is 0.119 e. The molecule has 0 radical (unpaired) electrons. The highest BCUT2D eigenvalue weighted by Crippen LogP contribution is 2.22. The van der Waals surface area contributed by atoms with Gasteiger partial charge < -0.3 is 10.5 Å². The van der Waals surface area contributed by atoms with Crippen LogP contribution in [0, 0.1) is 13.8 Å². The van der Waals surface area contributed by atoms with Crippen LogP contribution in [0.25, 0.3) is 0 Å². The van der Waals surface area contributed by atoms with E-state index in [-0.39, 0.29) is 0 Å². The molecule has 0 aliphatic rings. The highest BCUT2D eigenvalue weighted by Gasteiger charge is 1.99. The minimum atomic E-state index is 0.555. The molecule has 0 aromatic heterocycles. The van der Waals surface area contributed by atoms with Gasteiger partial charge in [-0.25, -0.2) is 0 Å². The molecule has 0 amide bonds. The summed E-state index contributed by atoms with van der Waals surface area (Å²) in [6.07, 6.45) is 1.03. The van der Waals surface area contributed by atoms with E-state index in [9.17, 15) is 0 Å². The Balaban J connectivity index is 1.71. The Bertz CT molecular complexity index is 583. The lowest BCUT2D eigenvalue weighted by molar-refractivity contribution is 0.318. The van der Waals surface area contributed by atoms with Crippen LogP contribution in [-0.4, -0.2) is 12.4 Å². The van der Waals surface area contributed by atoms with Crippen molar-refractivity contribution in [2.24, 2.45) is 5.73 Å². The van der Waals surface area contributed by atoms with E-state index in [4.69, 9.17) is 10.5 Å². The monoisotopic (exact) mass is 301 g/mol. The quantitative estimate of drug-likeness (QED) is 0.611. The number of ether oxygens (including phenoxy) is 1. The van der Waals surface area contributed by atoms with E-state index >= 15 is 0 Å². The smallest absolute Gasteiger partial charge is 0.119 e. The van der Waals surface area contributed by atoms with Gasteiger partial charge in [0.2, 0.25) is 0 Å². The number of benzene rings is 2. The van der Waals surface area contributed by atoms with E-state index in [1.807, 2.05) is 36.0 Å². The Labute approximate surface area is 131 Å². The predicted octanol–water partition coefficient (Wildman–Crippen LogP) is 4.32. The molecule has 112 valence electrons. The number of thioether (sulfide) groups is 1. The van der Waals surface area contributed by atoms with E-state index in [1.54, 1.807) is 0 Å². The molecule has 0 atom stereocenters. The largest absolute Gasteiger partial charge is 0.494 e. The Hall–Kier alpha value is -1.45. The van der Waals surface area contributed by atoms with Crippen molar-refractivity contribution in [3.8, 4) is 5.75 Å². The van der Waals surface area contributed by atoms with Gasteiger partial charge in [0.05, 0.1) is 6.61 Å². The molecule has 3 heteroatoms. The first-order chi connectivity index (χ1) is 10.2. The Morgan fingerprint density at radius 1 is 1.05 bits per heavy atom. The molecule has 0 aliphatic heterocycles. The molecule has 0 fully saturated rings. The molecule has 2 rings (SSSR count). The summed E-state index contributed by atoms with van der Waals surface area (Å²) in [4.78, 5) is 1.34. The fourth-order valence-corrected chi connectivity index (χ4v) is 2.93. The van der Waals surface area contributed by atoms with E-state index in [2.05, 4.69) is 32.0 Å². The zero-order chi connectivity index (χ0) is 15.1. The van der Waals surface area contributed by atoms with Gasteiger partial charge in [-0.3, -0.25) is 0 Å². The minimum Gasteiger partial charge on any atom is -0.494 e. The second kappa shape index (κ2) is 8.11. The Morgan fingerprint density at radius 2 is 1.90 bits per heavy atom. The van der Waals surface area contributed by atoms with E-state index in [0.717, 1.165) is 30.1 Å². The summed E-state index contributed by atoms with van der Waals surface area (Å²) in [5.74, 6) is 1.98. The minimum absolute atomic E-state index is 0.555. The van der Waals surface area contributed by atoms with Crippen LogP contribution in [0.4, 0.5) is 0 Å². The number of rotatable bonds is 7. The predicted molar refractivity (Wildman–Crippen MR) is 91.1 cm³/mol. The number of hydrogen-bond donors (Lipinski definition) is 1. The molecule has 2 aromatic rings. The molecule has 2 aromatic carbocycles. The van der Waals surface area contributed by atoms with E-state index in [0.29, 0.717) is 6.54 Å². The van der Waals surface area contributed by atoms with Crippen molar-refractivity contribution >= 4 is 11.8 Å². The van der Waals surface area contributed by atoms with Crippen LogP contribution in [-0.2, 0) is 6.54 Å². The lowest BCUT2D eigenvalue weighted by Gasteiger charge is -2.08. The lowest BCUT2D eigenvalue weighted by Crippen LogP contribution is -2.00. The number of hydrogen-bond acceptors (Lipinski definition) is 3. The first kappa shape index (κ1) is 15.9. The summed E-state index contributed by atoms with van der Waals surface area (Å²) >= 11 is 1.89. The normalized spacial score (nSPS) is 10.6. The molecule has 21 heavy (non-hydrogen) atoms. The van der Waals surface area contributed by atoms with Gasteiger partial charge in [0.25, 0.3) is 0 Å². The average molecular weight is 301 g/mol. The molecule has 0 bridgehead atoms. The van der Waals surface area contributed by atoms with Gasteiger partial charge in [-0.1, -0.05) is 18.2 Å². The van der Waals surface area contributed by atoms with Gasteiger partial charge >= 0.3 is 0 Å². The number of nitrogens with two attached hydrogens (primary N) is 1. The molecule has 0 aliphatic carbocycles. The Morgan fingerprint density at radius 3 is 2.67 bits per heavy atom. The first-order valence-corrected chi connectivity index (χ1v) is 8.29. The maximum absolute atomic E-state index is 5.76. The summed E-state index contributed by atoms with van der Waals surface area (Å²) < 4.78 is 5.76. The van der Waals surface area contributed by atoms with Crippen molar-refractivity contribution in [3.05, 3.63) is 59.2 Å². The molecule has 2 N–H and O–H groups in total. The molecule has 0 saturated heterocycles. The Kier molecular flexibility index (Phi) is 6.15. The van der Waals surface area contributed by atoms with Crippen LogP contribution in [0.15, 0.2) is 47.4 Å². The highest BCUT2D eigenvalue weighted by molar-refractivity contribution is 7.99. The second-order valence-corrected chi connectivity index (χ2v) is 6.32. The third kappa shape index (κ3) is 5.10. The third-order valence-electron chi connectivity index (χ3n) is 3.44. The second-order valence-electron chi connectivity index (χ2n) is 5.15. The molecule has 0 unspecified atom stereocenters. The van der Waals surface area contributed by atoms with Gasteiger partial charge in [0.15, 0.2) is 0 Å². The summed E-state index contributed by atoms with van der Waals surface area (Å²) in [7, 11) is 0. The van der Waals surface area contributed by atoms with Crippen molar-refractivity contribution < 1.29 is 4.74 Å². The van der Waals surface area contributed by atoms with Gasteiger partial charge in [-0.2, -0.15) is 0 Å². The van der Waals surface area contributed by atoms with Gasteiger partial charge in [-0.15, -0.1) is 11.8 Å². The summed E-state index contributed by atoms with van der Waals surface area (Å²) in [5.41, 5.74) is 9.44. The fraction of sp³-hybridized carbons (Fsp3) is 0.333. The van der Waals surface area contributed by atoms with Crippen molar-refractivity contribution in [3.63, 3.8) is 0 Å². The molecule has 2 nitrogen and oxygen atoms in total.